The molecule has 0 aliphatic carbocycles. The summed E-state index contributed by atoms with van der Waals surface area (Å²) in [7, 11) is 0. The Morgan fingerprint density at radius 2 is 1.48 bits per heavy atom. The number of aliphatic hydroxyl groups excluding tert-OH is 2. The monoisotopic (exact) mass is 549 g/mol. The average molecular weight is 550 g/mol. The van der Waals surface area contributed by atoms with Crippen LogP contribution < -0.4 is 31.9 Å². The van der Waals surface area contributed by atoms with Crippen LogP contribution in [0.15, 0.2) is 42.5 Å². The van der Waals surface area contributed by atoms with Gasteiger partial charge in [-0.05, 0) is 37.6 Å². The molecule has 4 atom stereocenters. The van der Waals surface area contributed by atoms with Crippen LogP contribution in [0.2, 0.25) is 0 Å². The summed E-state index contributed by atoms with van der Waals surface area (Å²) in [5.41, 5.74) is 14.6. The van der Waals surface area contributed by atoms with Crippen molar-refractivity contribution in [1.29, 1.82) is 0 Å². The Balaban J connectivity index is 1.39. The third kappa shape index (κ3) is 6.57. The highest BCUT2D eigenvalue weighted by atomic mass is 16.3. The molecule has 2 aliphatic heterocycles. The number of rotatable bonds is 6. The number of aryl methyl sites for hydroxylation is 1. The van der Waals surface area contributed by atoms with E-state index in [1.165, 1.54) is 6.07 Å². The van der Waals surface area contributed by atoms with E-state index < -0.39 is 12.2 Å². The Hall–Kier alpha value is -4.04. The third-order valence-electron chi connectivity index (χ3n) is 6.92. The molecule has 2 aromatic carbocycles. The number of anilines is 5. The number of nitrogens with two attached hydrogens (primary N) is 2. The molecule has 13 heteroatoms. The number of hydrogen-bond acceptors (Lipinski definition) is 12. The van der Waals surface area contributed by atoms with Gasteiger partial charge in [-0.2, -0.15) is 15.0 Å². The molecule has 1 aromatic heterocycles. The maximum absolute atomic E-state index is 12.6. The number of aromatic hydroxyl groups is 1. The van der Waals surface area contributed by atoms with Gasteiger partial charge in [-0.25, -0.2) is 0 Å². The molecule has 0 saturated carbocycles. The summed E-state index contributed by atoms with van der Waals surface area (Å²) in [5.74, 6) is 0.350. The Morgan fingerprint density at radius 3 is 2.08 bits per heavy atom. The minimum Gasteiger partial charge on any atom is -0.506 e. The fourth-order valence-corrected chi connectivity index (χ4v) is 4.99. The van der Waals surface area contributed by atoms with Gasteiger partial charge in [0, 0.05) is 62.0 Å². The molecule has 0 bridgehead atoms. The largest absolute Gasteiger partial charge is 0.506 e. The Morgan fingerprint density at radius 1 is 0.875 bits per heavy atom. The fraction of sp³-hybridized carbons (Fsp3) is 0.407. The van der Waals surface area contributed by atoms with Gasteiger partial charge in [0.1, 0.15) is 5.75 Å². The van der Waals surface area contributed by atoms with Crippen molar-refractivity contribution in [3.05, 3.63) is 53.6 Å². The number of benzene rings is 2. The first-order valence-electron chi connectivity index (χ1n) is 13.2. The molecular weight excluding hydrogens is 514 g/mol. The van der Waals surface area contributed by atoms with Crippen LogP contribution in [0.1, 0.15) is 28.8 Å². The van der Waals surface area contributed by atoms with Crippen LogP contribution in [0.4, 0.5) is 29.2 Å². The average Bonchev–Trinajstić information content (AvgIpc) is 2.89. The second-order valence-corrected chi connectivity index (χ2v) is 10.5. The Bertz CT molecular complexity index is 1290. The highest BCUT2D eigenvalue weighted by Gasteiger charge is 2.29. The van der Waals surface area contributed by atoms with E-state index >= 15 is 0 Å². The van der Waals surface area contributed by atoms with Crippen molar-refractivity contribution in [3.63, 3.8) is 0 Å². The molecule has 0 spiro atoms. The fourth-order valence-electron chi connectivity index (χ4n) is 4.99. The highest BCUT2D eigenvalue weighted by molar-refractivity contribution is 6.05. The summed E-state index contributed by atoms with van der Waals surface area (Å²) >= 11 is 0. The van der Waals surface area contributed by atoms with E-state index in [0.29, 0.717) is 36.7 Å². The SMILES string of the molecule is Cc1ccc(C(=O)Nc2ccc(Nc3nc(N4C[C@H](N)C[C@H](N)C4)nc(N4C[C@H](O)C[C@@H](O)C4)n3)cc2O)cc1. The normalized spacial score (nSPS) is 23.1. The van der Waals surface area contributed by atoms with Crippen LogP contribution in [0.25, 0.3) is 0 Å². The topological polar surface area (TPSA) is 199 Å². The van der Waals surface area contributed by atoms with Gasteiger partial charge in [0.2, 0.25) is 17.8 Å². The molecule has 40 heavy (non-hydrogen) atoms. The number of hydrogen-bond donors (Lipinski definition) is 7. The zero-order valence-electron chi connectivity index (χ0n) is 22.2. The Labute approximate surface area is 231 Å². The number of nitrogens with one attached hydrogen (secondary N) is 2. The van der Waals surface area contributed by atoms with Crippen LogP contribution in [-0.4, -0.2) is 86.6 Å². The molecular formula is C27H35N9O4. The molecule has 2 fully saturated rings. The minimum absolute atomic E-state index is 0.140. The van der Waals surface area contributed by atoms with Crippen molar-refractivity contribution >= 4 is 35.1 Å². The summed E-state index contributed by atoms with van der Waals surface area (Å²) in [6, 6.07) is 11.5. The molecule has 2 saturated heterocycles. The molecule has 2 aliphatic rings. The van der Waals surface area contributed by atoms with E-state index in [-0.39, 0.29) is 60.8 Å². The number of carbonyl (C=O) groups excluding carboxylic acids is 1. The molecule has 3 aromatic rings. The zero-order valence-corrected chi connectivity index (χ0v) is 22.2. The van der Waals surface area contributed by atoms with Gasteiger partial charge < -0.3 is 47.2 Å². The first kappa shape index (κ1) is 27.5. The number of piperidine rings is 2. The highest BCUT2D eigenvalue weighted by Crippen LogP contribution is 2.30. The lowest BCUT2D eigenvalue weighted by molar-refractivity contribution is 0.0645. The van der Waals surface area contributed by atoms with Crippen LogP contribution in [0, 0.1) is 6.92 Å². The van der Waals surface area contributed by atoms with Crippen molar-refractivity contribution in [2.45, 2.75) is 44.1 Å². The summed E-state index contributed by atoms with van der Waals surface area (Å²) in [4.78, 5) is 29.9. The molecule has 0 radical (unpaired) electrons. The minimum atomic E-state index is -0.725. The number of β-amino-alcohol motifs (C(OH)–C–C–N with tert-alkyl or cyclic N) is 2. The first-order valence-corrected chi connectivity index (χ1v) is 13.2. The summed E-state index contributed by atoms with van der Waals surface area (Å²) in [6.07, 6.45) is -0.481. The van der Waals surface area contributed by atoms with Crippen molar-refractivity contribution in [3.8, 4) is 5.75 Å². The lowest BCUT2D eigenvalue weighted by Gasteiger charge is -2.36. The van der Waals surface area contributed by atoms with Crippen LogP contribution >= 0.6 is 0 Å². The van der Waals surface area contributed by atoms with Gasteiger partial charge in [0.15, 0.2) is 0 Å². The van der Waals surface area contributed by atoms with Gasteiger partial charge in [0.05, 0.1) is 17.9 Å². The predicted molar refractivity (Wildman–Crippen MR) is 152 cm³/mol. The Kier molecular flexibility index (Phi) is 7.98. The van der Waals surface area contributed by atoms with Crippen LogP contribution in [-0.2, 0) is 0 Å². The summed E-state index contributed by atoms with van der Waals surface area (Å²) in [6.45, 7) is 3.48. The lowest BCUT2D eigenvalue weighted by atomic mass is 10.0. The van der Waals surface area contributed by atoms with Crippen molar-refractivity contribution in [2.24, 2.45) is 11.5 Å². The van der Waals surface area contributed by atoms with E-state index in [1.54, 1.807) is 29.2 Å². The number of phenolic OH excluding ortho intramolecular Hbond substituents is 1. The summed E-state index contributed by atoms with van der Waals surface area (Å²) < 4.78 is 0. The van der Waals surface area contributed by atoms with Gasteiger partial charge >= 0.3 is 0 Å². The molecule has 3 heterocycles. The van der Waals surface area contributed by atoms with E-state index in [0.717, 1.165) is 5.56 Å². The quantitative estimate of drug-likeness (QED) is 0.212. The number of carbonyl (C=O) groups is 1. The number of phenols is 1. The number of aromatic nitrogens is 3. The number of aliphatic hydroxyl groups is 2. The van der Waals surface area contributed by atoms with Gasteiger partial charge in [-0.1, -0.05) is 17.7 Å². The van der Waals surface area contributed by atoms with E-state index in [1.807, 2.05) is 24.0 Å². The second-order valence-electron chi connectivity index (χ2n) is 10.5. The van der Waals surface area contributed by atoms with E-state index in [2.05, 4.69) is 25.6 Å². The third-order valence-corrected chi connectivity index (χ3v) is 6.92. The van der Waals surface area contributed by atoms with Crippen molar-refractivity contribution in [1.82, 2.24) is 15.0 Å². The number of nitrogens with zero attached hydrogens (tertiary/aromatic N) is 5. The number of amides is 1. The van der Waals surface area contributed by atoms with E-state index in [4.69, 9.17) is 11.5 Å². The maximum atomic E-state index is 12.6. The lowest BCUT2D eigenvalue weighted by Crippen LogP contribution is -2.53. The standard InChI is InChI=1S/C27H35N9O4/c1-15-2-4-16(5-3-15)24(40)31-22-7-6-19(9-23(22)39)30-25-32-26(35-11-17(28)8-18(29)12-35)34-27(33-25)36-13-20(37)10-21(38)14-36/h2-7,9,17-18,20-21,37-39H,8,10-14,28-29H2,1H3,(H,31,40)(H,30,32,33,34)/t17-,18+,20-,21-/m1/s1. The molecule has 9 N–H and O–H groups in total. The van der Waals surface area contributed by atoms with Gasteiger partial charge in [-0.3, -0.25) is 4.79 Å². The van der Waals surface area contributed by atoms with Gasteiger partial charge in [0.25, 0.3) is 5.91 Å². The van der Waals surface area contributed by atoms with Crippen molar-refractivity contribution in [2.75, 3.05) is 46.6 Å². The molecule has 5 rings (SSSR count). The molecule has 212 valence electrons. The van der Waals surface area contributed by atoms with Crippen LogP contribution in [0.3, 0.4) is 0 Å². The predicted octanol–water partition coefficient (Wildman–Crippen LogP) is 0.678. The van der Waals surface area contributed by atoms with Gasteiger partial charge in [-0.15, -0.1) is 0 Å². The van der Waals surface area contributed by atoms with Crippen molar-refractivity contribution < 1.29 is 20.1 Å². The maximum Gasteiger partial charge on any atom is 0.255 e. The smallest absolute Gasteiger partial charge is 0.255 e. The second kappa shape index (κ2) is 11.6. The molecule has 0 unspecified atom stereocenters. The zero-order chi connectivity index (χ0) is 28.4. The van der Waals surface area contributed by atoms with E-state index in [9.17, 15) is 20.1 Å². The first-order chi connectivity index (χ1) is 19.1. The summed E-state index contributed by atoms with van der Waals surface area (Å²) in [5, 5.41) is 36.9. The molecule has 13 nitrogen and oxygen atoms in total. The molecule has 1 amide bonds. The van der Waals surface area contributed by atoms with Crippen LogP contribution in [0.5, 0.6) is 5.75 Å².